The molecule has 0 saturated carbocycles. The van der Waals surface area contributed by atoms with Crippen LogP contribution >= 0.6 is 0 Å². The van der Waals surface area contributed by atoms with Crippen LogP contribution in [0.25, 0.3) is 0 Å². The van der Waals surface area contributed by atoms with Crippen LogP contribution < -0.4 is 4.74 Å². The zero-order valence-electron chi connectivity index (χ0n) is 34.5. The highest BCUT2D eigenvalue weighted by Crippen LogP contribution is 2.45. The average molecular weight is 709 g/mol. The lowest BCUT2D eigenvalue weighted by atomic mass is 9.69. The van der Waals surface area contributed by atoms with Gasteiger partial charge in [-0.05, 0) is 57.6 Å². The zero-order chi connectivity index (χ0) is 38.3. The fourth-order valence-corrected chi connectivity index (χ4v) is 7.35. The van der Waals surface area contributed by atoms with Gasteiger partial charge in [0.25, 0.3) is 0 Å². The van der Waals surface area contributed by atoms with Gasteiger partial charge in [-0.2, -0.15) is 0 Å². The van der Waals surface area contributed by atoms with E-state index in [1.54, 1.807) is 12.1 Å². The van der Waals surface area contributed by atoms with Crippen molar-refractivity contribution < 1.29 is 24.9 Å². The lowest BCUT2D eigenvalue weighted by Crippen LogP contribution is -2.37. The number of ether oxygens (including phenoxy) is 1. The molecule has 2 aromatic rings. The van der Waals surface area contributed by atoms with E-state index in [4.69, 9.17) is 4.74 Å². The summed E-state index contributed by atoms with van der Waals surface area (Å²) in [5.41, 5.74) is 1.57. The van der Waals surface area contributed by atoms with Crippen LogP contribution in [0, 0.1) is 0 Å². The summed E-state index contributed by atoms with van der Waals surface area (Å²) >= 11 is 0. The van der Waals surface area contributed by atoms with Gasteiger partial charge < -0.3 is 20.1 Å². The molecule has 2 rings (SSSR count). The minimum absolute atomic E-state index is 0.0755. The molecule has 0 aliphatic carbocycles. The fraction of sp³-hybridized carbons (Fsp3) is 0.717. The summed E-state index contributed by atoms with van der Waals surface area (Å²) in [7, 11) is 0. The Hall–Kier alpha value is -2.69. The van der Waals surface area contributed by atoms with Crippen LogP contribution in [0.2, 0.25) is 0 Å². The molecule has 1 unspecified atom stereocenters. The van der Waals surface area contributed by atoms with Crippen LogP contribution in [-0.4, -0.2) is 27.9 Å². The van der Waals surface area contributed by atoms with E-state index in [0.29, 0.717) is 17.9 Å². The minimum Gasteiger partial charge on any atom is -0.508 e. The third-order valence-electron chi connectivity index (χ3n) is 10.6. The first-order valence-electron chi connectivity index (χ1n) is 20.4. The molecule has 0 spiro atoms. The zero-order valence-corrected chi connectivity index (χ0v) is 34.5. The Kier molecular flexibility index (Phi) is 17.9. The third kappa shape index (κ3) is 15.1. The summed E-state index contributed by atoms with van der Waals surface area (Å²) in [6, 6.07) is 9.40. The number of benzene rings is 2. The first-order chi connectivity index (χ1) is 23.8. The highest BCUT2D eigenvalue weighted by Gasteiger charge is 2.39. The van der Waals surface area contributed by atoms with Crippen molar-refractivity contribution in [2.24, 2.45) is 0 Å². The predicted octanol–water partition coefficient (Wildman–Crippen LogP) is 13.4. The molecule has 0 aromatic heterocycles. The number of carboxylic acids is 1. The summed E-state index contributed by atoms with van der Waals surface area (Å²) in [4.78, 5) is 12.7. The van der Waals surface area contributed by atoms with Crippen LogP contribution in [0.5, 0.6) is 17.2 Å². The first-order valence-corrected chi connectivity index (χ1v) is 20.4. The molecular weight excluding hydrogens is 633 g/mol. The van der Waals surface area contributed by atoms with E-state index < -0.39 is 11.4 Å². The Balaban J connectivity index is 2.22. The fourth-order valence-electron chi connectivity index (χ4n) is 7.35. The smallest absolute Gasteiger partial charge is 0.304 e. The first kappa shape index (κ1) is 44.5. The summed E-state index contributed by atoms with van der Waals surface area (Å²) in [6.07, 6.45) is 21.2. The van der Waals surface area contributed by atoms with Gasteiger partial charge in [-0.15, -0.1) is 0 Å². The van der Waals surface area contributed by atoms with Crippen molar-refractivity contribution in [3.8, 4) is 17.2 Å². The molecule has 0 aliphatic heterocycles. The van der Waals surface area contributed by atoms with Gasteiger partial charge in [-0.3, -0.25) is 4.79 Å². The van der Waals surface area contributed by atoms with Crippen LogP contribution in [0.4, 0.5) is 0 Å². The molecule has 3 N–H and O–H groups in total. The number of aliphatic carboxylic acids is 1. The Bertz CT molecular complexity index is 1290. The topological polar surface area (TPSA) is 87.0 Å². The van der Waals surface area contributed by atoms with Gasteiger partial charge >= 0.3 is 5.97 Å². The van der Waals surface area contributed by atoms with Crippen LogP contribution in [-0.2, 0) is 26.5 Å². The van der Waals surface area contributed by atoms with Crippen molar-refractivity contribution in [1.82, 2.24) is 0 Å². The quantitative estimate of drug-likeness (QED) is 0.100. The Morgan fingerprint density at radius 1 is 0.588 bits per heavy atom. The average Bonchev–Trinajstić information content (AvgIpc) is 3.02. The molecule has 0 saturated heterocycles. The third-order valence-corrected chi connectivity index (χ3v) is 10.6. The molecule has 0 heterocycles. The number of hydrogen-bond acceptors (Lipinski definition) is 4. The number of rotatable bonds is 23. The molecule has 51 heavy (non-hydrogen) atoms. The number of hydrogen-bond donors (Lipinski definition) is 3. The van der Waals surface area contributed by atoms with E-state index in [0.717, 1.165) is 41.5 Å². The number of carboxylic acid groups (broad SMARTS) is 1. The minimum atomic E-state index is -0.862. The van der Waals surface area contributed by atoms with E-state index in [1.807, 2.05) is 18.2 Å². The van der Waals surface area contributed by atoms with E-state index in [-0.39, 0.29) is 35.0 Å². The summed E-state index contributed by atoms with van der Waals surface area (Å²) in [5.74, 6) is 0.270. The normalized spacial score (nSPS) is 13.7. The van der Waals surface area contributed by atoms with Crippen LogP contribution in [0.15, 0.2) is 30.3 Å². The second-order valence-electron chi connectivity index (χ2n) is 18.5. The maximum absolute atomic E-state index is 12.7. The summed E-state index contributed by atoms with van der Waals surface area (Å²) in [5, 5.41) is 32.5. The lowest BCUT2D eigenvalue weighted by molar-refractivity contribution is -0.139. The van der Waals surface area contributed by atoms with E-state index in [2.05, 4.69) is 69.2 Å². The van der Waals surface area contributed by atoms with Crippen LogP contribution in [0.1, 0.15) is 207 Å². The van der Waals surface area contributed by atoms with Gasteiger partial charge in [0.2, 0.25) is 0 Å². The van der Waals surface area contributed by atoms with Gasteiger partial charge in [0, 0.05) is 11.0 Å². The number of phenols is 2. The molecule has 0 fully saturated rings. The maximum atomic E-state index is 12.7. The second-order valence-corrected chi connectivity index (χ2v) is 18.5. The highest BCUT2D eigenvalue weighted by molar-refractivity contribution is 5.69. The number of aromatic hydroxyl groups is 2. The standard InChI is InChI=1S/C46H76O5/c1-11-12-13-14-15-16-17-18-19-20-21-22-23-24-25-26-29-46(33-41(48)49,34-51-36-27-28-40(47)37(32-36)43(2,3)4)35-30-38(44(5,6)7)42(50)39(31-35)45(8,9)10/h27-28,30-32,47,50H,11-26,29,33-34H2,1-10H3,(H,48,49). The Labute approximate surface area is 313 Å². The van der Waals surface area contributed by atoms with E-state index in [1.165, 1.54) is 83.5 Å². The Morgan fingerprint density at radius 3 is 1.39 bits per heavy atom. The molecule has 5 heteroatoms. The van der Waals surface area contributed by atoms with Crippen molar-refractivity contribution in [1.29, 1.82) is 0 Å². The number of phenolic OH excluding ortho intramolecular Hbond substituents is 2. The Morgan fingerprint density at radius 2 is 1.00 bits per heavy atom. The molecule has 0 amide bonds. The molecule has 290 valence electrons. The lowest BCUT2D eigenvalue weighted by Gasteiger charge is -2.37. The highest BCUT2D eigenvalue weighted by atomic mass is 16.5. The molecule has 2 aromatic carbocycles. The van der Waals surface area contributed by atoms with Crippen molar-refractivity contribution in [2.75, 3.05) is 6.61 Å². The van der Waals surface area contributed by atoms with Gasteiger partial charge in [0.05, 0.1) is 13.0 Å². The van der Waals surface area contributed by atoms with Crippen molar-refractivity contribution >= 4 is 5.97 Å². The van der Waals surface area contributed by atoms with E-state index in [9.17, 15) is 20.1 Å². The molecule has 0 bridgehead atoms. The SMILES string of the molecule is CCCCCCCCCCCCCCCCCCC(COc1ccc(O)c(C(C)(C)C)c1)(CC(=O)O)c1cc(C(C)(C)C)c(O)c(C(C)(C)C)c1. The van der Waals surface area contributed by atoms with Crippen molar-refractivity contribution in [3.05, 3.63) is 52.6 Å². The molecule has 5 nitrogen and oxygen atoms in total. The van der Waals surface area contributed by atoms with Gasteiger partial charge in [0.15, 0.2) is 0 Å². The van der Waals surface area contributed by atoms with E-state index >= 15 is 0 Å². The van der Waals surface area contributed by atoms with Gasteiger partial charge in [0.1, 0.15) is 17.2 Å². The maximum Gasteiger partial charge on any atom is 0.304 e. The number of carbonyl (C=O) groups is 1. The van der Waals surface area contributed by atoms with Gasteiger partial charge in [-0.25, -0.2) is 0 Å². The largest absolute Gasteiger partial charge is 0.508 e. The predicted molar refractivity (Wildman–Crippen MR) is 216 cm³/mol. The molecular formula is C46H76O5. The monoisotopic (exact) mass is 709 g/mol. The van der Waals surface area contributed by atoms with Gasteiger partial charge in [-0.1, -0.05) is 184 Å². The summed E-state index contributed by atoms with van der Waals surface area (Å²) in [6.45, 7) is 21.2. The summed E-state index contributed by atoms with van der Waals surface area (Å²) < 4.78 is 6.54. The van der Waals surface area contributed by atoms with Crippen molar-refractivity contribution in [2.45, 2.75) is 206 Å². The molecule has 1 atom stereocenters. The molecule has 0 aliphatic rings. The second kappa shape index (κ2) is 20.5. The molecule has 0 radical (unpaired) electrons. The van der Waals surface area contributed by atoms with Crippen molar-refractivity contribution in [3.63, 3.8) is 0 Å². The van der Waals surface area contributed by atoms with Crippen LogP contribution in [0.3, 0.4) is 0 Å². The number of unbranched alkanes of at least 4 members (excludes halogenated alkanes) is 15.